The van der Waals surface area contributed by atoms with Gasteiger partial charge >= 0.3 is 0 Å². The van der Waals surface area contributed by atoms with Crippen molar-refractivity contribution < 1.29 is 9.59 Å². The van der Waals surface area contributed by atoms with Crippen LogP contribution in [-0.4, -0.2) is 22.8 Å². The van der Waals surface area contributed by atoms with Gasteiger partial charge in [0.15, 0.2) is 0 Å². The average Bonchev–Trinajstić information content (AvgIpc) is 2.52. The van der Waals surface area contributed by atoms with Crippen molar-refractivity contribution in [3.8, 4) is 0 Å². The number of carbonyl (C=O) groups is 2. The summed E-state index contributed by atoms with van der Waals surface area (Å²) >= 11 is 0. The fraction of sp³-hybridized carbons (Fsp3) is 0.250. The molecule has 0 aliphatic carbocycles. The van der Waals surface area contributed by atoms with Gasteiger partial charge in [-0.1, -0.05) is 19.1 Å². The Labute approximate surface area is 88.7 Å². The van der Waals surface area contributed by atoms with Gasteiger partial charge in [-0.15, -0.1) is 0 Å². The summed E-state index contributed by atoms with van der Waals surface area (Å²) in [4.78, 5) is 25.0. The Bertz CT molecular complexity index is 390. The zero-order valence-electron chi connectivity index (χ0n) is 8.56. The van der Waals surface area contributed by atoms with Crippen LogP contribution in [-0.2, 0) is 0 Å². The topological polar surface area (TPSA) is 37.4 Å². The minimum absolute atomic E-state index is 0.225. The molecule has 0 spiro atoms. The molecule has 3 nitrogen and oxygen atoms in total. The lowest BCUT2D eigenvalue weighted by Crippen LogP contribution is -2.37. The maximum Gasteiger partial charge on any atom is 0.261 e. The molecule has 2 rings (SSSR count). The summed E-state index contributed by atoms with van der Waals surface area (Å²) in [5, 5.41) is 0. The molecule has 0 N–H and O–H groups in total. The average molecular weight is 202 g/mol. The molecule has 1 aliphatic rings. The van der Waals surface area contributed by atoms with Crippen LogP contribution in [0.2, 0.25) is 0 Å². The van der Waals surface area contributed by atoms with Crippen LogP contribution in [0, 0.1) is 6.92 Å². The van der Waals surface area contributed by atoms with E-state index in [1.54, 1.807) is 24.3 Å². The van der Waals surface area contributed by atoms with Gasteiger partial charge in [-0.2, -0.15) is 0 Å². The predicted octanol–water partition coefficient (Wildman–Crippen LogP) is 1.90. The Morgan fingerprint density at radius 1 is 1.20 bits per heavy atom. The number of rotatable bonds is 2. The molecule has 0 saturated heterocycles. The van der Waals surface area contributed by atoms with Crippen molar-refractivity contribution in [2.45, 2.75) is 19.4 Å². The van der Waals surface area contributed by atoms with Gasteiger partial charge in [-0.3, -0.25) is 14.5 Å². The molecule has 1 radical (unpaired) electrons. The summed E-state index contributed by atoms with van der Waals surface area (Å²) in [5.41, 5.74) is 0.981. The highest BCUT2D eigenvalue weighted by Crippen LogP contribution is 2.24. The number of amides is 2. The van der Waals surface area contributed by atoms with Crippen molar-refractivity contribution in [3.63, 3.8) is 0 Å². The molecule has 77 valence electrons. The number of hydrogen-bond donors (Lipinski definition) is 0. The monoisotopic (exact) mass is 202 g/mol. The van der Waals surface area contributed by atoms with E-state index < -0.39 is 0 Å². The summed E-state index contributed by atoms with van der Waals surface area (Å²) in [6.45, 7) is 5.71. The molecular weight excluding hydrogens is 190 g/mol. The highest BCUT2D eigenvalue weighted by atomic mass is 16.2. The number of benzene rings is 1. The normalized spacial score (nSPS) is 16.8. The molecule has 1 unspecified atom stereocenters. The molecule has 0 aromatic heterocycles. The van der Waals surface area contributed by atoms with E-state index in [0.717, 1.165) is 0 Å². The lowest BCUT2D eigenvalue weighted by molar-refractivity contribution is 0.0610. The van der Waals surface area contributed by atoms with Crippen LogP contribution in [0.25, 0.3) is 0 Å². The second kappa shape index (κ2) is 3.50. The quantitative estimate of drug-likeness (QED) is 0.687. The first-order chi connectivity index (χ1) is 7.16. The van der Waals surface area contributed by atoms with Crippen molar-refractivity contribution in [1.29, 1.82) is 0 Å². The van der Waals surface area contributed by atoms with E-state index in [0.29, 0.717) is 17.5 Å². The van der Waals surface area contributed by atoms with Crippen LogP contribution in [0.3, 0.4) is 0 Å². The molecular formula is C12H12NO2. The summed E-state index contributed by atoms with van der Waals surface area (Å²) in [6.07, 6.45) is 0.672. The van der Waals surface area contributed by atoms with E-state index in [-0.39, 0.29) is 17.9 Å². The molecule has 0 saturated carbocycles. The first kappa shape index (κ1) is 9.90. The minimum Gasteiger partial charge on any atom is -0.271 e. The van der Waals surface area contributed by atoms with Gasteiger partial charge in [-0.25, -0.2) is 0 Å². The van der Waals surface area contributed by atoms with Crippen molar-refractivity contribution in [2.24, 2.45) is 0 Å². The Morgan fingerprint density at radius 3 is 2.07 bits per heavy atom. The third-order valence-corrected chi connectivity index (χ3v) is 2.66. The van der Waals surface area contributed by atoms with Gasteiger partial charge < -0.3 is 0 Å². The van der Waals surface area contributed by atoms with Crippen LogP contribution in [0.1, 0.15) is 34.1 Å². The van der Waals surface area contributed by atoms with E-state index in [1.165, 1.54) is 4.90 Å². The molecule has 1 aromatic rings. The van der Waals surface area contributed by atoms with Crippen molar-refractivity contribution >= 4 is 11.8 Å². The smallest absolute Gasteiger partial charge is 0.261 e. The lowest BCUT2D eigenvalue weighted by Gasteiger charge is -2.20. The largest absolute Gasteiger partial charge is 0.271 e. The lowest BCUT2D eigenvalue weighted by atomic mass is 10.1. The highest BCUT2D eigenvalue weighted by Gasteiger charge is 2.37. The Morgan fingerprint density at radius 2 is 1.67 bits per heavy atom. The number of carbonyl (C=O) groups excluding carboxylic acids is 2. The van der Waals surface area contributed by atoms with Gasteiger partial charge in [0.05, 0.1) is 11.1 Å². The molecule has 0 fully saturated rings. The van der Waals surface area contributed by atoms with E-state index in [2.05, 4.69) is 6.92 Å². The highest BCUT2D eigenvalue weighted by molar-refractivity contribution is 6.21. The molecule has 1 aromatic carbocycles. The molecule has 2 amide bonds. The van der Waals surface area contributed by atoms with E-state index in [9.17, 15) is 9.59 Å². The van der Waals surface area contributed by atoms with Gasteiger partial charge in [0.25, 0.3) is 11.8 Å². The molecule has 1 heterocycles. The molecule has 1 aliphatic heterocycles. The maximum atomic E-state index is 11.9. The van der Waals surface area contributed by atoms with Gasteiger partial charge in [0.1, 0.15) is 0 Å². The summed E-state index contributed by atoms with van der Waals surface area (Å²) < 4.78 is 0. The standard InChI is InChI=1S/C12H12NO2/c1-3-8(2)13-11(14)9-6-4-5-7-10(9)12(13)15/h4-8H,2-3H2,1H3. The minimum atomic E-state index is -0.280. The van der Waals surface area contributed by atoms with E-state index >= 15 is 0 Å². The Kier molecular flexibility index (Phi) is 2.31. The fourth-order valence-corrected chi connectivity index (χ4v) is 1.72. The number of nitrogens with zero attached hydrogens (tertiary/aromatic N) is 1. The SMILES string of the molecule is [CH2]C(CC)N1C(=O)c2ccccc2C1=O. The van der Waals surface area contributed by atoms with Crippen LogP contribution in [0.15, 0.2) is 24.3 Å². The Balaban J connectivity index is 2.45. The molecule has 1 atom stereocenters. The summed E-state index contributed by atoms with van der Waals surface area (Å²) in [7, 11) is 0. The third kappa shape index (κ3) is 1.35. The van der Waals surface area contributed by atoms with Crippen molar-refractivity contribution in [1.82, 2.24) is 4.90 Å². The molecule has 3 heteroatoms. The Hall–Kier alpha value is -1.64. The van der Waals surface area contributed by atoms with Gasteiger partial charge in [0, 0.05) is 6.04 Å². The zero-order valence-corrected chi connectivity index (χ0v) is 8.56. The maximum absolute atomic E-state index is 11.9. The second-order valence-electron chi connectivity index (χ2n) is 3.59. The van der Waals surface area contributed by atoms with Crippen LogP contribution < -0.4 is 0 Å². The van der Waals surface area contributed by atoms with Gasteiger partial charge in [-0.05, 0) is 25.5 Å². The first-order valence-corrected chi connectivity index (χ1v) is 4.96. The van der Waals surface area contributed by atoms with E-state index in [1.807, 2.05) is 6.92 Å². The fourth-order valence-electron chi connectivity index (χ4n) is 1.72. The number of imide groups is 1. The predicted molar refractivity (Wildman–Crippen MR) is 56.4 cm³/mol. The van der Waals surface area contributed by atoms with Crippen LogP contribution in [0.4, 0.5) is 0 Å². The summed E-state index contributed by atoms with van der Waals surface area (Å²) in [5.74, 6) is -0.449. The van der Waals surface area contributed by atoms with Gasteiger partial charge in [0.2, 0.25) is 0 Å². The zero-order chi connectivity index (χ0) is 11.0. The third-order valence-electron chi connectivity index (χ3n) is 2.66. The van der Waals surface area contributed by atoms with Crippen molar-refractivity contribution in [3.05, 3.63) is 42.3 Å². The first-order valence-electron chi connectivity index (χ1n) is 4.96. The number of hydrogen-bond acceptors (Lipinski definition) is 2. The molecule has 15 heavy (non-hydrogen) atoms. The van der Waals surface area contributed by atoms with Crippen molar-refractivity contribution in [2.75, 3.05) is 0 Å². The van der Waals surface area contributed by atoms with E-state index in [4.69, 9.17) is 0 Å². The number of fused-ring (bicyclic) bond motifs is 1. The van der Waals surface area contributed by atoms with Crippen LogP contribution in [0.5, 0.6) is 0 Å². The van der Waals surface area contributed by atoms with Crippen LogP contribution >= 0.6 is 0 Å². The molecule has 0 bridgehead atoms. The second-order valence-corrected chi connectivity index (χ2v) is 3.59. The summed E-state index contributed by atoms with van der Waals surface area (Å²) in [6, 6.07) is 6.60.